The maximum absolute atomic E-state index is 14.0. The Balaban J connectivity index is 1.73. The Labute approximate surface area is 213 Å². The van der Waals surface area contributed by atoms with E-state index in [1.807, 2.05) is 37.3 Å². The summed E-state index contributed by atoms with van der Waals surface area (Å²) in [6.45, 7) is 3.63. The number of carboxylic acid groups (broad SMARTS) is 1. The molecule has 2 aromatic carbocycles. The lowest BCUT2D eigenvalue weighted by atomic mass is 10.2. The minimum Gasteiger partial charge on any atom is -0.484 e. The minimum absolute atomic E-state index is 0.0584. The Kier molecular flexibility index (Phi) is 7.53. The molecule has 3 N–H and O–H groups in total. The quantitative estimate of drug-likeness (QED) is 0.383. The van der Waals surface area contributed by atoms with Gasteiger partial charge >= 0.3 is 6.09 Å². The van der Waals surface area contributed by atoms with Crippen molar-refractivity contribution in [2.24, 2.45) is 0 Å². The van der Waals surface area contributed by atoms with Gasteiger partial charge in [-0.15, -0.1) is 5.10 Å². The third kappa shape index (κ3) is 5.94. The van der Waals surface area contributed by atoms with Crippen LogP contribution in [-0.4, -0.2) is 54.5 Å². The van der Waals surface area contributed by atoms with Crippen molar-refractivity contribution >= 4 is 33.4 Å². The highest BCUT2D eigenvalue weighted by atomic mass is 32.2. The molecule has 0 bridgehead atoms. The molecular formula is C24H27N5O7S. The van der Waals surface area contributed by atoms with E-state index in [1.54, 1.807) is 0 Å². The molecule has 12 nitrogen and oxygen atoms in total. The Morgan fingerprint density at radius 3 is 2.65 bits per heavy atom. The van der Waals surface area contributed by atoms with Gasteiger partial charge in [-0.25, -0.2) is 13.2 Å². The third-order valence-corrected chi connectivity index (χ3v) is 7.29. The number of rotatable bonds is 9. The molecule has 3 aromatic rings. The van der Waals surface area contributed by atoms with Crippen LogP contribution in [0.5, 0.6) is 11.6 Å². The van der Waals surface area contributed by atoms with Crippen molar-refractivity contribution in [1.82, 2.24) is 15.1 Å². The summed E-state index contributed by atoms with van der Waals surface area (Å²) < 4.78 is 42.4. The van der Waals surface area contributed by atoms with Gasteiger partial charge in [-0.2, -0.15) is 0 Å². The molecule has 0 saturated carbocycles. The van der Waals surface area contributed by atoms with Crippen LogP contribution in [0.1, 0.15) is 19.4 Å². The number of hydrogen-bond donors (Lipinski definition) is 3. The van der Waals surface area contributed by atoms with Gasteiger partial charge in [0.25, 0.3) is 15.9 Å². The second kappa shape index (κ2) is 10.8. The van der Waals surface area contributed by atoms with Gasteiger partial charge < -0.3 is 19.9 Å². The van der Waals surface area contributed by atoms with E-state index in [0.29, 0.717) is 6.54 Å². The number of amides is 2. The van der Waals surface area contributed by atoms with Crippen molar-refractivity contribution in [3.05, 3.63) is 60.3 Å². The summed E-state index contributed by atoms with van der Waals surface area (Å²) in [6.07, 6.45) is -0.595. The number of fused-ring (bicyclic) bond motifs is 1. The fourth-order valence-corrected chi connectivity index (χ4v) is 5.35. The predicted molar refractivity (Wildman–Crippen MR) is 134 cm³/mol. The number of carbonyl (C=O) groups is 2. The molecule has 37 heavy (non-hydrogen) atoms. The smallest absolute Gasteiger partial charge is 0.409 e. The van der Waals surface area contributed by atoms with E-state index in [2.05, 4.69) is 15.7 Å². The van der Waals surface area contributed by atoms with Gasteiger partial charge in [0.2, 0.25) is 5.91 Å². The normalized spacial score (nSPS) is 14.9. The molecule has 2 heterocycles. The van der Waals surface area contributed by atoms with Crippen LogP contribution in [0, 0.1) is 0 Å². The second-order valence-corrected chi connectivity index (χ2v) is 10.1. The molecule has 1 atom stereocenters. The van der Waals surface area contributed by atoms with Gasteiger partial charge in [-0.3, -0.25) is 19.1 Å². The van der Waals surface area contributed by atoms with Gasteiger partial charge in [0.15, 0.2) is 4.90 Å². The van der Waals surface area contributed by atoms with Gasteiger partial charge in [0.05, 0.1) is 18.8 Å². The zero-order chi connectivity index (χ0) is 26.6. The molecule has 13 heteroatoms. The summed E-state index contributed by atoms with van der Waals surface area (Å²) in [5, 5.41) is 18.3. The molecule has 1 aliphatic rings. The largest absolute Gasteiger partial charge is 0.484 e. The molecule has 2 amide bonds. The molecule has 0 aliphatic carbocycles. The van der Waals surface area contributed by atoms with Gasteiger partial charge in [-0.05, 0) is 30.7 Å². The van der Waals surface area contributed by atoms with Crippen molar-refractivity contribution < 1.29 is 32.6 Å². The van der Waals surface area contributed by atoms with Crippen molar-refractivity contribution in [2.45, 2.75) is 38.0 Å². The van der Waals surface area contributed by atoms with E-state index in [0.717, 1.165) is 9.87 Å². The maximum Gasteiger partial charge on any atom is 0.409 e. The highest BCUT2D eigenvalue weighted by Crippen LogP contribution is 2.40. The number of nitrogens with one attached hydrogen (secondary N) is 2. The number of aryl methyl sites for hydroxylation is 1. The lowest BCUT2D eigenvalue weighted by molar-refractivity contribution is -0.119. The molecule has 0 saturated heterocycles. The first-order valence-corrected chi connectivity index (χ1v) is 12.9. The molecule has 1 aromatic heterocycles. The zero-order valence-corrected chi connectivity index (χ0v) is 21.1. The topological polar surface area (TPSA) is 152 Å². The van der Waals surface area contributed by atoms with Crippen molar-refractivity contribution in [3.8, 4) is 11.6 Å². The monoisotopic (exact) mass is 529 g/mol. The number of benzene rings is 2. The summed E-state index contributed by atoms with van der Waals surface area (Å²) in [4.78, 5) is 22.5. The fourth-order valence-electron chi connectivity index (χ4n) is 3.77. The number of sulfonamides is 1. The summed E-state index contributed by atoms with van der Waals surface area (Å²) in [7, 11) is -4.26. The SMILES string of the molecule is CCn1cc(S(=O)(=O)N2CC(CNC(C)=O)Oc3ccc(NC(=O)O)cc32)c(OCc2ccccc2)n1. The van der Waals surface area contributed by atoms with Crippen LogP contribution in [0.25, 0.3) is 0 Å². The highest BCUT2D eigenvalue weighted by molar-refractivity contribution is 7.93. The van der Waals surface area contributed by atoms with Crippen molar-refractivity contribution in [1.29, 1.82) is 0 Å². The van der Waals surface area contributed by atoms with Gasteiger partial charge in [0, 0.05) is 25.4 Å². The number of ether oxygens (including phenoxy) is 2. The van der Waals surface area contributed by atoms with Crippen LogP contribution in [0.15, 0.2) is 59.6 Å². The highest BCUT2D eigenvalue weighted by Gasteiger charge is 2.38. The number of carbonyl (C=O) groups excluding carboxylic acids is 1. The first-order chi connectivity index (χ1) is 17.7. The van der Waals surface area contributed by atoms with E-state index in [1.165, 1.54) is 36.0 Å². The Bertz CT molecular complexity index is 1390. The summed E-state index contributed by atoms with van der Waals surface area (Å²) in [6, 6.07) is 13.6. The third-order valence-electron chi connectivity index (χ3n) is 5.53. The van der Waals surface area contributed by atoms with E-state index in [4.69, 9.17) is 14.6 Å². The number of hydrogen-bond acceptors (Lipinski definition) is 7. The molecule has 0 spiro atoms. The fraction of sp³-hybridized carbons (Fsp3) is 0.292. The molecular weight excluding hydrogens is 502 g/mol. The Morgan fingerprint density at radius 2 is 1.97 bits per heavy atom. The molecule has 1 unspecified atom stereocenters. The van der Waals surface area contributed by atoms with Crippen LogP contribution in [0.2, 0.25) is 0 Å². The van der Waals surface area contributed by atoms with E-state index < -0.39 is 22.2 Å². The minimum atomic E-state index is -4.26. The number of anilines is 2. The average Bonchev–Trinajstić information content (AvgIpc) is 3.30. The van der Waals surface area contributed by atoms with Crippen molar-refractivity contribution in [3.63, 3.8) is 0 Å². The first-order valence-electron chi connectivity index (χ1n) is 11.5. The van der Waals surface area contributed by atoms with E-state index >= 15 is 0 Å². The Hall–Kier alpha value is -4.26. The van der Waals surface area contributed by atoms with E-state index in [-0.39, 0.29) is 53.5 Å². The van der Waals surface area contributed by atoms with E-state index in [9.17, 15) is 18.0 Å². The maximum atomic E-state index is 14.0. The molecule has 4 rings (SSSR count). The van der Waals surface area contributed by atoms with Crippen molar-refractivity contribution in [2.75, 3.05) is 22.7 Å². The van der Waals surface area contributed by atoms with Crippen LogP contribution >= 0.6 is 0 Å². The average molecular weight is 530 g/mol. The van der Waals surface area contributed by atoms with Crippen LogP contribution in [-0.2, 0) is 28.0 Å². The lowest BCUT2D eigenvalue weighted by Crippen LogP contribution is -2.48. The summed E-state index contributed by atoms with van der Waals surface area (Å²) in [5.74, 6) is -0.127. The predicted octanol–water partition coefficient (Wildman–Crippen LogP) is 2.66. The van der Waals surface area contributed by atoms with Crippen LogP contribution in [0.4, 0.5) is 16.2 Å². The Morgan fingerprint density at radius 1 is 1.22 bits per heavy atom. The van der Waals surface area contributed by atoms with Gasteiger partial charge in [-0.1, -0.05) is 30.3 Å². The lowest BCUT2D eigenvalue weighted by Gasteiger charge is -2.35. The number of nitrogens with zero attached hydrogens (tertiary/aromatic N) is 3. The molecule has 1 aliphatic heterocycles. The molecule has 0 radical (unpaired) electrons. The van der Waals surface area contributed by atoms with Crippen LogP contribution in [0.3, 0.4) is 0 Å². The summed E-state index contributed by atoms with van der Waals surface area (Å²) in [5.41, 5.74) is 1.15. The molecule has 0 fully saturated rings. The van der Waals surface area contributed by atoms with Gasteiger partial charge in [0.1, 0.15) is 18.5 Å². The molecule has 196 valence electrons. The first kappa shape index (κ1) is 25.8. The number of aromatic nitrogens is 2. The second-order valence-electron chi connectivity index (χ2n) is 8.25. The zero-order valence-electron chi connectivity index (χ0n) is 20.2. The summed E-state index contributed by atoms with van der Waals surface area (Å²) >= 11 is 0. The standard InChI is InChI=1S/C24H27N5O7S/c1-3-28-14-22(23(27-28)35-15-17-7-5-4-6-8-17)37(33,34)29-13-19(12-25-16(2)30)36-21-10-9-18(11-20(21)29)26-24(31)32/h4-11,14,19,26H,3,12-13,15H2,1-2H3,(H,25,30)(H,31,32). The van der Waals surface area contributed by atoms with Crippen LogP contribution < -0.4 is 24.4 Å².